The quantitative estimate of drug-likeness (QED) is 0.851. The molecule has 0 aliphatic rings. The minimum absolute atomic E-state index is 0.0764. The number of H-pyrrole nitrogens is 1. The number of aryl methyl sites for hydroxylation is 1. The molecule has 2 heterocycles. The first kappa shape index (κ1) is 15.2. The van der Waals surface area contributed by atoms with Crippen molar-refractivity contribution in [3.63, 3.8) is 0 Å². The van der Waals surface area contributed by atoms with Gasteiger partial charge >= 0.3 is 0 Å². The summed E-state index contributed by atoms with van der Waals surface area (Å²) in [7, 11) is 0. The number of nitrogens with one attached hydrogen (secondary N) is 2. The molecule has 0 aliphatic heterocycles. The molecule has 2 N–H and O–H groups in total. The van der Waals surface area contributed by atoms with Gasteiger partial charge in [-0.1, -0.05) is 34.6 Å². The molecule has 2 aromatic rings. The van der Waals surface area contributed by atoms with Crippen molar-refractivity contribution in [2.75, 3.05) is 5.32 Å². The van der Waals surface area contributed by atoms with Crippen LogP contribution in [-0.2, 0) is 5.41 Å². The average Bonchev–Trinajstić information content (AvgIpc) is 2.80. The van der Waals surface area contributed by atoms with Crippen molar-refractivity contribution in [3.8, 4) is 0 Å². The number of pyridine rings is 1. The average molecular weight is 260 g/mol. The highest BCUT2D eigenvalue weighted by atomic mass is 15.2. The third-order valence-corrected chi connectivity index (χ3v) is 2.56. The molecule has 0 bridgehead atoms. The Morgan fingerprint density at radius 2 is 1.79 bits per heavy atom. The Morgan fingerprint density at radius 1 is 1.11 bits per heavy atom. The molecule has 0 saturated heterocycles. The summed E-state index contributed by atoms with van der Waals surface area (Å²) in [5, 5.41) is 10.5. The second kappa shape index (κ2) is 6.36. The van der Waals surface area contributed by atoms with Gasteiger partial charge in [-0.3, -0.25) is 5.10 Å². The maximum atomic E-state index is 4.24. The van der Waals surface area contributed by atoms with Crippen molar-refractivity contribution in [2.24, 2.45) is 0 Å². The number of nitrogens with zero attached hydrogens (tertiary/aromatic N) is 2. The molecule has 0 saturated carbocycles. The van der Waals surface area contributed by atoms with Crippen molar-refractivity contribution < 1.29 is 0 Å². The van der Waals surface area contributed by atoms with Crippen LogP contribution in [0.1, 0.15) is 45.9 Å². The molecule has 0 amide bonds. The molecule has 4 heteroatoms. The van der Waals surface area contributed by atoms with Crippen molar-refractivity contribution in [3.05, 3.63) is 35.7 Å². The summed E-state index contributed by atoms with van der Waals surface area (Å²) >= 11 is 0. The lowest BCUT2D eigenvalue weighted by Gasteiger charge is -2.14. The van der Waals surface area contributed by atoms with Crippen molar-refractivity contribution in [1.82, 2.24) is 15.2 Å². The maximum absolute atomic E-state index is 4.24. The van der Waals surface area contributed by atoms with Gasteiger partial charge in [0.25, 0.3) is 0 Å². The van der Waals surface area contributed by atoms with E-state index in [9.17, 15) is 0 Å². The number of aromatic amines is 1. The van der Waals surface area contributed by atoms with Gasteiger partial charge in [0.2, 0.25) is 0 Å². The predicted octanol–water partition coefficient (Wildman–Crippen LogP) is 4.18. The second-order valence-corrected chi connectivity index (χ2v) is 5.26. The lowest BCUT2D eigenvalue weighted by atomic mass is 9.92. The van der Waals surface area contributed by atoms with Crippen molar-refractivity contribution >= 4 is 11.6 Å². The first-order valence-electron chi connectivity index (χ1n) is 6.71. The zero-order chi connectivity index (χ0) is 14.5. The molecular formula is C15H24N4. The molecule has 0 radical (unpaired) electrons. The van der Waals surface area contributed by atoms with Crippen LogP contribution in [0.4, 0.5) is 11.6 Å². The molecule has 0 aliphatic carbocycles. The summed E-state index contributed by atoms with van der Waals surface area (Å²) in [5.74, 6) is 1.62. The summed E-state index contributed by atoms with van der Waals surface area (Å²) in [6.07, 6.45) is 1.79. The van der Waals surface area contributed by atoms with E-state index in [4.69, 9.17) is 0 Å². The van der Waals surface area contributed by atoms with E-state index in [1.165, 1.54) is 5.56 Å². The third-order valence-electron chi connectivity index (χ3n) is 2.56. The molecular weight excluding hydrogens is 236 g/mol. The molecule has 2 aromatic heterocycles. The largest absolute Gasteiger partial charge is 0.323 e. The third kappa shape index (κ3) is 4.39. The second-order valence-electron chi connectivity index (χ2n) is 5.26. The highest BCUT2D eigenvalue weighted by Gasteiger charge is 2.16. The molecule has 104 valence electrons. The van der Waals surface area contributed by atoms with Crippen molar-refractivity contribution in [1.29, 1.82) is 0 Å². The van der Waals surface area contributed by atoms with Crippen LogP contribution in [0.5, 0.6) is 0 Å². The number of hydrogen-bond donors (Lipinski definition) is 2. The van der Waals surface area contributed by atoms with E-state index in [0.29, 0.717) is 0 Å². The lowest BCUT2D eigenvalue weighted by molar-refractivity contribution is 0.567. The molecule has 0 aromatic carbocycles. The van der Waals surface area contributed by atoms with Gasteiger partial charge in [0.15, 0.2) is 5.82 Å². The molecule has 0 unspecified atom stereocenters. The van der Waals surface area contributed by atoms with E-state index in [0.717, 1.165) is 17.3 Å². The first-order chi connectivity index (χ1) is 8.95. The van der Waals surface area contributed by atoms with Gasteiger partial charge in [0.05, 0.1) is 0 Å². The van der Waals surface area contributed by atoms with E-state index in [1.807, 2.05) is 39.0 Å². The van der Waals surface area contributed by atoms with Crippen LogP contribution < -0.4 is 5.32 Å². The highest BCUT2D eigenvalue weighted by molar-refractivity contribution is 5.52. The summed E-state index contributed by atoms with van der Waals surface area (Å²) in [6, 6.07) is 5.98. The Morgan fingerprint density at radius 3 is 2.32 bits per heavy atom. The smallest absolute Gasteiger partial charge is 0.153 e. The Kier molecular flexibility index (Phi) is 5.10. The van der Waals surface area contributed by atoms with E-state index < -0.39 is 0 Å². The van der Waals surface area contributed by atoms with Gasteiger partial charge in [0, 0.05) is 23.4 Å². The van der Waals surface area contributed by atoms with Crippen LogP contribution in [0.15, 0.2) is 24.4 Å². The van der Waals surface area contributed by atoms with Gasteiger partial charge < -0.3 is 5.32 Å². The van der Waals surface area contributed by atoms with Crippen molar-refractivity contribution in [2.45, 2.75) is 47.0 Å². The highest BCUT2D eigenvalue weighted by Crippen LogP contribution is 2.23. The number of anilines is 2. The van der Waals surface area contributed by atoms with Gasteiger partial charge in [-0.2, -0.15) is 5.10 Å². The summed E-state index contributed by atoms with van der Waals surface area (Å²) in [5.41, 5.74) is 2.36. The van der Waals surface area contributed by atoms with Gasteiger partial charge in [-0.05, 0) is 24.6 Å². The van der Waals surface area contributed by atoms with Crippen LogP contribution in [0.25, 0.3) is 0 Å². The lowest BCUT2D eigenvalue weighted by Crippen LogP contribution is -2.11. The minimum Gasteiger partial charge on any atom is -0.323 e. The van der Waals surface area contributed by atoms with Crippen LogP contribution >= 0.6 is 0 Å². The summed E-state index contributed by atoms with van der Waals surface area (Å²) in [6.45, 7) is 12.5. The standard InChI is InChI=1S/C13H18N4.C2H6/c1-9-5-6-14-11(7-9)15-12-8-10(16-17-12)13(2,3)4;1-2/h5-8H,1-4H3,(H2,14,15,16,17);1-2H3. The van der Waals surface area contributed by atoms with Crippen LogP contribution in [-0.4, -0.2) is 15.2 Å². The molecule has 0 spiro atoms. The Hall–Kier alpha value is -1.84. The zero-order valence-electron chi connectivity index (χ0n) is 12.7. The fourth-order valence-corrected chi connectivity index (χ4v) is 1.51. The zero-order valence-corrected chi connectivity index (χ0v) is 12.7. The maximum Gasteiger partial charge on any atom is 0.153 e. The normalized spacial score (nSPS) is 10.6. The van der Waals surface area contributed by atoms with Gasteiger partial charge in [-0.25, -0.2) is 4.98 Å². The molecule has 2 rings (SSSR count). The topological polar surface area (TPSA) is 53.6 Å². The molecule has 0 atom stereocenters. The van der Waals surface area contributed by atoms with E-state index in [1.54, 1.807) is 6.20 Å². The SMILES string of the molecule is CC.Cc1ccnc(Nc2cc(C(C)(C)C)[nH]n2)c1. The van der Waals surface area contributed by atoms with E-state index >= 15 is 0 Å². The Balaban J connectivity index is 0.000000861. The number of rotatable bonds is 2. The van der Waals surface area contributed by atoms with Crippen LogP contribution in [0.3, 0.4) is 0 Å². The number of hydrogen-bond acceptors (Lipinski definition) is 3. The van der Waals surface area contributed by atoms with Crippen LogP contribution in [0, 0.1) is 6.92 Å². The Bertz CT molecular complexity index is 509. The Labute approximate surface area is 115 Å². The summed E-state index contributed by atoms with van der Waals surface area (Å²) < 4.78 is 0. The number of aromatic nitrogens is 3. The predicted molar refractivity (Wildman–Crippen MR) is 80.9 cm³/mol. The molecule has 4 nitrogen and oxygen atoms in total. The van der Waals surface area contributed by atoms with Gasteiger partial charge in [0.1, 0.15) is 5.82 Å². The molecule has 0 fully saturated rings. The monoisotopic (exact) mass is 260 g/mol. The van der Waals surface area contributed by atoms with Crippen LogP contribution in [0.2, 0.25) is 0 Å². The first-order valence-corrected chi connectivity index (χ1v) is 6.71. The fourth-order valence-electron chi connectivity index (χ4n) is 1.51. The molecule has 19 heavy (non-hydrogen) atoms. The summed E-state index contributed by atoms with van der Waals surface area (Å²) in [4.78, 5) is 4.24. The minimum atomic E-state index is 0.0764. The van der Waals surface area contributed by atoms with E-state index in [-0.39, 0.29) is 5.41 Å². The van der Waals surface area contributed by atoms with Gasteiger partial charge in [-0.15, -0.1) is 0 Å². The van der Waals surface area contributed by atoms with E-state index in [2.05, 4.69) is 41.3 Å². The fraction of sp³-hybridized carbons (Fsp3) is 0.467.